The molecule has 116 valence electrons. The van der Waals surface area contributed by atoms with E-state index in [1.807, 2.05) is 0 Å². The number of aryl methyl sites for hydroxylation is 1. The van der Waals surface area contributed by atoms with Gasteiger partial charge in [-0.2, -0.15) is 4.39 Å². The number of halogens is 1. The second kappa shape index (κ2) is 6.14. The van der Waals surface area contributed by atoms with Gasteiger partial charge in [-0.1, -0.05) is 0 Å². The van der Waals surface area contributed by atoms with Crippen molar-refractivity contribution in [2.45, 2.75) is 31.2 Å². The van der Waals surface area contributed by atoms with Crippen molar-refractivity contribution >= 4 is 21.6 Å². The predicted molar refractivity (Wildman–Crippen MR) is 71.4 cm³/mol. The number of nitro benzene ring substituents is 1. The summed E-state index contributed by atoms with van der Waals surface area (Å²) in [5.41, 5.74) is 4.02. The number of sulfonamides is 1. The van der Waals surface area contributed by atoms with E-state index in [4.69, 9.17) is 5.73 Å². The number of nitrogens with one attached hydrogen (secondary N) is 1. The molecule has 0 radical (unpaired) electrons. The molecule has 0 aromatic heterocycles. The van der Waals surface area contributed by atoms with E-state index < -0.39 is 43.3 Å². The van der Waals surface area contributed by atoms with Gasteiger partial charge in [-0.15, -0.1) is 0 Å². The van der Waals surface area contributed by atoms with Crippen molar-refractivity contribution < 1.29 is 22.5 Å². The highest BCUT2D eigenvalue weighted by atomic mass is 32.2. The zero-order valence-corrected chi connectivity index (χ0v) is 12.1. The lowest BCUT2D eigenvalue weighted by molar-refractivity contribution is -0.387. The number of nitro groups is 1. The van der Waals surface area contributed by atoms with Crippen LogP contribution in [0.3, 0.4) is 0 Å². The number of rotatable bonds is 6. The summed E-state index contributed by atoms with van der Waals surface area (Å²) in [6.07, 6.45) is -0.235. The molecule has 0 aliphatic carbocycles. The van der Waals surface area contributed by atoms with Gasteiger partial charge in [-0.05, 0) is 25.5 Å². The Kier molecular flexibility index (Phi) is 4.97. The van der Waals surface area contributed by atoms with Gasteiger partial charge in [-0.25, -0.2) is 13.1 Å². The third-order valence-corrected chi connectivity index (χ3v) is 4.33. The molecule has 1 atom stereocenters. The molecule has 1 amide bonds. The van der Waals surface area contributed by atoms with E-state index in [1.165, 1.54) is 13.8 Å². The third-order valence-electron chi connectivity index (χ3n) is 2.59. The van der Waals surface area contributed by atoms with E-state index in [1.54, 1.807) is 0 Å². The lowest BCUT2D eigenvalue weighted by Gasteiger charge is -2.14. The molecule has 0 heterocycles. The molecular weight excluding hydrogens is 305 g/mol. The molecule has 1 unspecified atom stereocenters. The van der Waals surface area contributed by atoms with Gasteiger partial charge in [0.2, 0.25) is 21.7 Å². The largest absolute Gasteiger partial charge is 0.370 e. The second-order valence-electron chi connectivity index (χ2n) is 4.52. The van der Waals surface area contributed by atoms with Crippen LogP contribution in [0.25, 0.3) is 0 Å². The lowest BCUT2D eigenvalue weighted by Crippen LogP contribution is -2.36. The number of nitrogens with two attached hydrogens (primary N) is 1. The summed E-state index contributed by atoms with van der Waals surface area (Å²) in [6.45, 7) is 2.72. The Morgan fingerprint density at radius 2 is 2.10 bits per heavy atom. The van der Waals surface area contributed by atoms with Gasteiger partial charge in [0.15, 0.2) is 0 Å². The molecule has 0 saturated heterocycles. The minimum absolute atomic E-state index is 0.0110. The molecule has 8 nitrogen and oxygen atoms in total. The molecule has 1 aromatic rings. The number of primary amides is 1. The molecule has 1 aromatic carbocycles. The number of hydrogen-bond donors (Lipinski definition) is 2. The van der Waals surface area contributed by atoms with Gasteiger partial charge in [0.1, 0.15) is 0 Å². The average Bonchev–Trinajstić information content (AvgIpc) is 2.25. The Bertz CT molecular complexity index is 689. The lowest BCUT2D eigenvalue weighted by atomic mass is 10.2. The summed E-state index contributed by atoms with van der Waals surface area (Å²) >= 11 is 0. The molecule has 0 fully saturated rings. The third kappa shape index (κ3) is 4.20. The maximum Gasteiger partial charge on any atom is 0.306 e. The van der Waals surface area contributed by atoms with Crippen LogP contribution in [0.1, 0.15) is 18.9 Å². The monoisotopic (exact) mass is 319 g/mol. The Hall–Kier alpha value is -2.07. The summed E-state index contributed by atoms with van der Waals surface area (Å²) in [5, 5.41) is 10.7. The van der Waals surface area contributed by atoms with Gasteiger partial charge in [0, 0.05) is 18.5 Å². The number of amides is 1. The van der Waals surface area contributed by atoms with Crippen LogP contribution < -0.4 is 10.5 Å². The second-order valence-corrected chi connectivity index (χ2v) is 6.20. The van der Waals surface area contributed by atoms with Gasteiger partial charge in [0.25, 0.3) is 0 Å². The predicted octanol–water partition coefficient (Wildman–Crippen LogP) is 0.585. The van der Waals surface area contributed by atoms with Crippen molar-refractivity contribution in [1.29, 1.82) is 0 Å². The van der Waals surface area contributed by atoms with Gasteiger partial charge in [0.05, 0.1) is 9.82 Å². The zero-order chi connectivity index (χ0) is 16.4. The smallest absolute Gasteiger partial charge is 0.306 e. The van der Waals surface area contributed by atoms with Crippen molar-refractivity contribution in [3.05, 3.63) is 33.6 Å². The van der Waals surface area contributed by atoms with Crippen LogP contribution in [0.4, 0.5) is 10.1 Å². The maximum absolute atomic E-state index is 13.4. The number of nitrogens with zero attached hydrogens (tertiary/aromatic N) is 1. The quantitative estimate of drug-likeness (QED) is 0.584. The molecule has 1 rings (SSSR count). The first kappa shape index (κ1) is 17.0. The summed E-state index contributed by atoms with van der Waals surface area (Å²) in [5.74, 6) is -1.83. The van der Waals surface area contributed by atoms with E-state index >= 15 is 0 Å². The molecule has 0 saturated carbocycles. The molecule has 0 bridgehead atoms. The normalized spacial score (nSPS) is 12.9. The van der Waals surface area contributed by atoms with Crippen LogP contribution >= 0.6 is 0 Å². The van der Waals surface area contributed by atoms with Crippen LogP contribution in [0.2, 0.25) is 0 Å². The molecule has 21 heavy (non-hydrogen) atoms. The molecule has 0 aliphatic rings. The van der Waals surface area contributed by atoms with Crippen LogP contribution in [0.5, 0.6) is 0 Å². The van der Waals surface area contributed by atoms with E-state index in [-0.39, 0.29) is 12.0 Å². The zero-order valence-electron chi connectivity index (χ0n) is 11.3. The minimum atomic E-state index is -4.14. The van der Waals surface area contributed by atoms with Crippen molar-refractivity contribution in [3.63, 3.8) is 0 Å². The Morgan fingerprint density at radius 1 is 1.52 bits per heavy atom. The summed E-state index contributed by atoms with van der Waals surface area (Å²) in [6, 6.07) is 0.617. The molecule has 3 N–H and O–H groups in total. The SMILES string of the molecule is Cc1cc(F)c([N+](=O)[O-])cc1S(=O)(=O)NC(C)CC(N)=O. The van der Waals surface area contributed by atoms with Gasteiger partial charge < -0.3 is 5.73 Å². The number of carbonyl (C=O) groups excluding carboxylic acids is 1. The highest BCUT2D eigenvalue weighted by molar-refractivity contribution is 7.89. The van der Waals surface area contributed by atoms with Gasteiger partial charge >= 0.3 is 5.69 Å². The van der Waals surface area contributed by atoms with E-state index in [0.29, 0.717) is 6.07 Å². The Balaban J connectivity index is 3.22. The summed E-state index contributed by atoms with van der Waals surface area (Å²) in [7, 11) is -4.14. The Labute approximate surface area is 120 Å². The molecule has 0 spiro atoms. The highest BCUT2D eigenvalue weighted by Crippen LogP contribution is 2.25. The summed E-state index contributed by atoms with van der Waals surface area (Å²) < 4.78 is 39.8. The minimum Gasteiger partial charge on any atom is -0.370 e. The highest BCUT2D eigenvalue weighted by Gasteiger charge is 2.25. The van der Waals surface area contributed by atoms with E-state index in [9.17, 15) is 27.7 Å². The molecule has 10 heteroatoms. The first-order chi connectivity index (χ1) is 9.54. The first-order valence-corrected chi connectivity index (χ1v) is 7.28. The number of carbonyl (C=O) groups is 1. The first-order valence-electron chi connectivity index (χ1n) is 5.79. The van der Waals surface area contributed by atoms with Crippen LogP contribution in [0, 0.1) is 22.9 Å². The van der Waals surface area contributed by atoms with Crippen LogP contribution in [-0.4, -0.2) is 25.3 Å². The number of hydrogen-bond acceptors (Lipinski definition) is 5. The van der Waals surface area contributed by atoms with Gasteiger partial charge in [-0.3, -0.25) is 14.9 Å². The maximum atomic E-state index is 13.4. The fourth-order valence-corrected chi connectivity index (χ4v) is 3.23. The fraction of sp³-hybridized carbons (Fsp3) is 0.364. The van der Waals surface area contributed by atoms with Crippen LogP contribution in [0.15, 0.2) is 17.0 Å². The topological polar surface area (TPSA) is 132 Å². The van der Waals surface area contributed by atoms with Crippen molar-refractivity contribution in [2.24, 2.45) is 5.73 Å². The molecule has 0 aliphatic heterocycles. The van der Waals surface area contributed by atoms with Crippen LogP contribution in [-0.2, 0) is 14.8 Å². The standard InChI is InChI=1S/C11H14FN3O5S/c1-6-3-8(12)9(15(17)18)5-10(6)21(19,20)14-7(2)4-11(13)16/h3,5,7,14H,4H2,1-2H3,(H2,13,16). The Morgan fingerprint density at radius 3 is 2.57 bits per heavy atom. The summed E-state index contributed by atoms with van der Waals surface area (Å²) in [4.78, 5) is 20.0. The average molecular weight is 319 g/mol. The van der Waals surface area contributed by atoms with Crippen molar-refractivity contribution in [3.8, 4) is 0 Å². The van der Waals surface area contributed by atoms with Crippen molar-refractivity contribution in [2.75, 3.05) is 0 Å². The fourth-order valence-electron chi connectivity index (χ4n) is 1.74. The number of benzene rings is 1. The van der Waals surface area contributed by atoms with E-state index in [0.717, 1.165) is 6.07 Å². The van der Waals surface area contributed by atoms with Crippen molar-refractivity contribution in [1.82, 2.24) is 4.72 Å². The molecular formula is C11H14FN3O5S. The van der Waals surface area contributed by atoms with E-state index in [2.05, 4.69) is 4.72 Å².